The minimum Gasteiger partial charge on any atom is -0.507 e. The highest BCUT2D eigenvalue weighted by Crippen LogP contribution is 2.33. The maximum absolute atomic E-state index is 11.2. The molecule has 0 unspecified atom stereocenters. The molecular weight excluding hydrogens is 368 g/mol. The zero-order valence-corrected chi connectivity index (χ0v) is 15.4. The summed E-state index contributed by atoms with van der Waals surface area (Å²) in [6.45, 7) is 3.25. The zero-order valence-electron chi connectivity index (χ0n) is 13.8. The van der Waals surface area contributed by atoms with Gasteiger partial charge in [-0.05, 0) is 72.6 Å². The van der Waals surface area contributed by atoms with Crippen molar-refractivity contribution in [3.63, 3.8) is 0 Å². The largest absolute Gasteiger partial charge is 0.507 e. The molecule has 0 saturated carbocycles. The standard InChI is InChI=1S/C20H21BrO3/c1-13-15(4-2-7-19(13)21)12-24-9-8-14-10-20(23)18(11-22)17-6-3-5-16(14)17/h2,4,7,10-11,23H,3,5-6,8-9,12H2,1H3. The Kier molecular flexibility index (Phi) is 5.36. The van der Waals surface area contributed by atoms with Gasteiger partial charge < -0.3 is 9.84 Å². The summed E-state index contributed by atoms with van der Waals surface area (Å²) in [7, 11) is 0. The molecule has 0 saturated heterocycles. The first-order chi connectivity index (χ1) is 11.6. The van der Waals surface area contributed by atoms with Gasteiger partial charge in [-0.15, -0.1) is 0 Å². The average Bonchev–Trinajstić information content (AvgIpc) is 3.04. The SMILES string of the molecule is Cc1c(Br)cccc1COCCc1cc(O)c(C=O)c2c1CCC2. The van der Waals surface area contributed by atoms with Gasteiger partial charge in [-0.2, -0.15) is 0 Å². The van der Waals surface area contributed by atoms with Crippen LogP contribution >= 0.6 is 15.9 Å². The Morgan fingerprint density at radius 3 is 2.83 bits per heavy atom. The maximum Gasteiger partial charge on any atom is 0.154 e. The van der Waals surface area contributed by atoms with Crippen LogP contribution in [0.5, 0.6) is 5.75 Å². The third kappa shape index (κ3) is 3.40. The van der Waals surface area contributed by atoms with E-state index in [0.29, 0.717) is 18.8 Å². The van der Waals surface area contributed by atoms with Gasteiger partial charge >= 0.3 is 0 Å². The fourth-order valence-electron chi connectivity index (χ4n) is 3.41. The lowest BCUT2D eigenvalue weighted by Gasteiger charge is -2.13. The number of phenolic OH excluding ortho intramolecular Hbond substituents is 1. The second-order valence-corrected chi connectivity index (χ2v) is 7.08. The van der Waals surface area contributed by atoms with Crippen molar-refractivity contribution in [3.8, 4) is 5.75 Å². The van der Waals surface area contributed by atoms with Crippen LogP contribution in [0, 0.1) is 6.92 Å². The summed E-state index contributed by atoms with van der Waals surface area (Å²) in [4.78, 5) is 11.2. The Hall–Kier alpha value is -1.65. The Bertz CT molecular complexity index is 768. The van der Waals surface area contributed by atoms with E-state index in [9.17, 15) is 9.90 Å². The minimum absolute atomic E-state index is 0.100. The first-order valence-corrected chi connectivity index (χ1v) is 9.04. The molecule has 0 fully saturated rings. The van der Waals surface area contributed by atoms with Gasteiger partial charge in [0.1, 0.15) is 5.75 Å². The van der Waals surface area contributed by atoms with Gasteiger partial charge in [0.05, 0.1) is 18.8 Å². The molecule has 2 aromatic rings. The predicted molar refractivity (Wildman–Crippen MR) is 97.8 cm³/mol. The van der Waals surface area contributed by atoms with Crippen LogP contribution in [0.3, 0.4) is 0 Å². The molecule has 24 heavy (non-hydrogen) atoms. The lowest BCUT2D eigenvalue weighted by molar-refractivity contribution is 0.112. The number of aromatic hydroxyl groups is 1. The number of halogens is 1. The van der Waals surface area contributed by atoms with Crippen molar-refractivity contribution in [1.29, 1.82) is 0 Å². The number of carbonyl (C=O) groups is 1. The number of hydrogen-bond acceptors (Lipinski definition) is 3. The lowest BCUT2D eigenvalue weighted by Crippen LogP contribution is -2.04. The van der Waals surface area contributed by atoms with Crippen LogP contribution in [0.1, 0.15) is 44.6 Å². The number of benzene rings is 2. The Balaban J connectivity index is 1.66. The number of carbonyl (C=O) groups excluding carboxylic acids is 1. The molecule has 1 aliphatic carbocycles. The Morgan fingerprint density at radius 2 is 2.04 bits per heavy atom. The van der Waals surface area contributed by atoms with E-state index in [0.717, 1.165) is 47.6 Å². The molecule has 1 aliphatic rings. The van der Waals surface area contributed by atoms with Crippen LogP contribution < -0.4 is 0 Å². The third-order valence-electron chi connectivity index (χ3n) is 4.79. The van der Waals surface area contributed by atoms with E-state index in [1.54, 1.807) is 6.07 Å². The van der Waals surface area contributed by atoms with E-state index in [4.69, 9.17) is 4.74 Å². The number of phenols is 1. The smallest absolute Gasteiger partial charge is 0.154 e. The van der Waals surface area contributed by atoms with E-state index < -0.39 is 0 Å². The molecular formula is C20H21BrO3. The van der Waals surface area contributed by atoms with Crippen LogP contribution in [-0.2, 0) is 30.6 Å². The van der Waals surface area contributed by atoms with Crippen LogP contribution in [0.15, 0.2) is 28.7 Å². The third-order valence-corrected chi connectivity index (χ3v) is 5.65. The quantitative estimate of drug-likeness (QED) is 0.584. The van der Waals surface area contributed by atoms with Crippen molar-refractivity contribution in [2.24, 2.45) is 0 Å². The van der Waals surface area contributed by atoms with Crippen LogP contribution in [0.2, 0.25) is 0 Å². The summed E-state index contributed by atoms with van der Waals surface area (Å²) in [6, 6.07) is 7.85. The van der Waals surface area contributed by atoms with Gasteiger partial charge in [-0.25, -0.2) is 0 Å². The number of aldehydes is 1. The summed E-state index contributed by atoms with van der Waals surface area (Å²) in [5.41, 5.74) is 6.22. The second kappa shape index (κ2) is 7.49. The topological polar surface area (TPSA) is 46.5 Å². The molecule has 0 atom stereocenters. The summed E-state index contributed by atoms with van der Waals surface area (Å²) < 4.78 is 6.94. The van der Waals surface area contributed by atoms with E-state index in [-0.39, 0.29) is 5.75 Å². The molecule has 1 N–H and O–H groups in total. The summed E-state index contributed by atoms with van der Waals surface area (Å²) >= 11 is 3.54. The zero-order chi connectivity index (χ0) is 17.1. The summed E-state index contributed by atoms with van der Waals surface area (Å²) in [6.07, 6.45) is 4.43. The van der Waals surface area contributed by atoms with Crippen molar-refractivity contribution < 1.29 is 14.6 Å². The summed E-state index contributed by atoms with van der Waals surface area (Å²) in [5.74, 6) is 0.100. The Morgan fingerprint density at radius 1 is 1.25 bits per heavy atom. The lowest BCUT2D eigenvalue weighted by atomic mass is 9.96. The molecule has 126 valence electrons. The van der Waals surface area contributed by atoms with Crippen LogP contribution in [0.4, 0.5) is 0 Å². The highest BCUT2D eigenvalue weighted by Gasteiger charge is 2.21. The molecule has 0 amide bonds. The van der Waals surface area contributed by atoms with Crippen molar-refractivity contribution in [2.45, 2.75) is 39.2 Å². The number of rotatable bonds is 6. The van der Waals surface area contributed by atoms with Gasteiger partial charge in [0.25, 0.3) is 0 Å². The average molecular weight is 389 g/mol. The van der Waals surface area contributed by atoms with Crippen molar-refractivity contribution in [1.82, 2.24) is 0 Å². The van der Waals surface area contributed by atoms with Crippen LogP contribution in [0.25, 0.3) is 0 Å². The van der Waals surface area contributed by atoms with E-state index in [2.05, 4.69) is 28.9 Å². The van der Waals surface area contributed by atoms with Gasteiger partial charge in [0, 0.05) is 4.47 Å². The molecule has 0 heterocycles. The normalized spacial score (nSPS) is 13.1. The predicted octanol–water partition coefficient (Wildman–Crippen LogP) is 4.52. The molecule has 4 heteroatoms. The van der Waals surface area contributed by atoms with Gasteiger partial charge in [0.15, 0.2) is 6.29 Å². The fraction of sp³-hybridized carbons (Fsp3) is 0.350. The number of hydrogen-bond donors (Lipinski definition) is 1. The molecule has 2 aromatic carbocycles. The number of fused-ring (bicyclic) bond motifs is 1. The van der Waals surface area contributed by atoms with Crippen molar-refractivity contribution in [3.05, 3.63) is 62.1 Å². The number of ether oxygens (including phenoxy) is 1. The Labute approximate surface area is 150 Å². The second-order valence-electron chi connectivity index (χ2n) is 6.22. The van der Waals surface area contributed by atoms with Gasteiger partial charge in [-0.3, -0.25) is 4.79 Å². The first-order valence-electron chi connectivity index (χ1n) is 8.25. The highest BCUT2D eigenvalue weighted by molar-refractivity contribution is 9.10. The van der Waals surface area contributed by atoms with Crippen LogP contribution in [-0.4, -0.2) is 18.0 Å². The molecule has 0 bridgehead atoms. The summed E-state index contributed by atoms with van der Waals surface area (Å²) in [5, 5.41) is 10.1. The highest BCUT2D eigenvalue weighted by atomic mass is 79.9. The van der Waals surface area contributed by atoms with Crippen molar-refractivity contribution >= 4 is 22.2 Å². The van der Waals surface area contributed by atoms with E-state index in [1.165, 1.54) is 16.7 Å². The van der Waals surface area contributed by atoms with Gasteiger partial charge in [0.2, 0.25) is 0 Å². The molecule has 3 nitrogen and oxygen atoms in total. The molecule has 0 spiro atoms. The molecule has 0 aliphatic heterocycles. The maximum atomic E-state index is 11.2. The first kappa shape index (κ1) is 17.2. The molecule has 0 radical (unpaired) electrons. The van der Waals surface area contributed by atoms with Gasteiger partial charge in [-0.1, -0.05) is 28.1 Å². The van der Waals surface area contributed by atoms with E-state index >= 15 is 0 Å². The molecule has 3 rings (SSSR count). The molecule has 0 aromatic heterocycles. The monoisotopic (exact) mass is 388 g/mol. The van der Waals surface area contributed by atoms with E-state index in [1.807, 2.05) is 12.1 Å². The van der Waals surface area contributed by atoms with Crippen molar-refractivity contribution in [2.75, 3.05) is 6.61 Å². The fourth-order valence-corrected chi connectivity index (χ4v) is 3.81. The minimum atomic E-state index is 0.100.